The Labute approximate surface area is 158 Å². The van der Waals surface area contributed by atoms with Gasteiger partial charge >= 0.3 is 12.0 Å². The van der Waals surface area contributed by atoms with Crippen LogP contribution in [0.15, 0.2) is 18.3 Å². The number of carboxylic acid groups (broad SMARTS) is 1. The molecular weight excluding hydrogens is 348 g/mol. The van der Waals surface area contributed by atoms with Gasteiger partial charge in [-0.2, -0.15) is 0 Å². The Bertz CT molecular complexity index is 692. The molecule has 9 nitrogen and oxygen atoms in total. The second kappa shape index (κ2) is 8.24. The number of nitrogens with two attached hydrogens (primary N) is 1. The number of aromatic nitrogens is 1. The van der Waals surface area contributed by atoms with Gasteiger partial charge in [0.2, 0.25) is 0 Å². The van der Waals surface area contributed by atoms with Gasteiger partial charge in [0.15, 0.2) is 0 Å². The molecule has 9 heteroatoms. The van der Waals surface area contributed by atoms with Gasteiger partial charge < -0.3 is 26.0 Å². The predicted octanol–water partition coefficient (Wildman–Crippen LogP) is 0.841. The number of rotatable bonds is 4. The molecule has 2 fully saturated rings. The largest absolute Gasteiger partial charge is 0.481 e. The van der Waals surface area contributed by atoms with Crippen LogP contribution in [0.4, 0.5) is 10.6 Å². The maximum absolute atomic E-state index is 12.5. The van der Waals surface area contributed by atoms with Crippen LogP contribution in [0.5, 0.6) is 0 Å². The highest BCUT2D eigenvalue weighted by molar-refractivity contribution is 5.94. The first-order valence-corrected chi connectivity index (χ1v) is 9.27. The zero-order valence-corrected chi connectivity index (χ0v) is 15.2. The number of urea groups is 1. The van der Waals surface area contributed by atoms with Gasteiger partial charge in [-0.1, -0.05) is 0 Å². The van der Waals surface area contributed by atoms with Crippen LogP contribution in [0.1, 0.15) is 31.2 Å². The first-order valence-electron chi connectivity index (χ1n) is 9.27. The number of amidine groups is 1. The lowest BCUT2D eigenvalue weighted by Crippen LogP contribution is -2.54. The van der Waals surface area contributed by atoms with Crippen LogP contribution in [0.2, 0.25) is 0 Å². The van der Waals surface area contributed by atoms with E-state index in [4.69, 9.17) is 16.2 Å². The summed E-state index contributed by atoms with van der Waals surface area (Å²) in [5.74, 6) is -0.204. The molecular formula is C18H26N6O3. The molecule has 0 unspecified atom stereocenters. The monoisotopic (exact) mass is 374 g/mol. The third-order valence-corrected chi connectivity index (χ3v) is 5.35. The van der Waals surface area contributed by atoms with Crippen molar-refractivity contribution in [2.45, 2.75) is 31.7 Å². The van der Waals surface area contributed by atoms with E-state index in [1.54, 1.807) is 17.2 Å². The summed E-state index contributed by atoms with van der Waals surface area (Å²) in [7, 11) is 0. The number of aliphatic carboxylic acids is 1. The second-order valence-electron chi connectivity index (χ2n) is 7.13. The number of amides is 2. The molecule has 0 spiro atoms. The van der Waals surface area contributed by atoms with Crippen molar-refractivity contribution in [3.8, 4) is 0 Å². The fourth-order valence-electron chi connectivity index (χ4n) is 3.62. The Morgan fingerprint density at radius 2 is 1.81 bits per heavy atom. The second-order valence-corrected chi connectivity index (χ2v) is 7.13. The lowest BCUT2D eigenvalue weighted by molar-refractivity contribution is -0.142. The molecule has 1 aromatic heterocycles. The van der Waals surface area contributed by atoms with E-state index in [1.165, 1.54) is 0 Å². The van der Waals surface area contributed by atoms with Crippen LogP contribution in [0, 0.1) is 11.3 Å². The van der Waals surface area contributed by atoms with Crippen molar-refractivity contribution in [3.05, 3.63) is 23.9 Å². The van der Waals surface area contributed by atoms with E-state index in [2.05, 4.69) is 15.2 Å². The van der Waals surface area contributed by atoms with E-state index >= 15 is 0 Å². The number of carboxylic acids is 1. The first-order chi connectivity index (χ1) is 12.9. The summed E-state index contributed by atoms with van der Waals surface area (Å²) in [6, 6.07) is 3.60. The highest BCUT2D eigenvalue weighted by Gasteiger charge is 2.28. The molecule has 3 rings (SSSR count). The average Bonchev–Trinajstić information content (AvgIpc) is 2.68. The van der Waals surface area contributed by atoms with Crippen LogP contribution < -0.4 is 16.0 Å². The van der Waals surface area contributed by atoms with Gasteiger partial charge in [0.1, 0.15) is 11.7 Å². The molecule has 5 N–H and O–H groups in total. The fourth-order valence-corrected chi connectivity index (χ4v) is 3.62. The van der Waals surface area contributed by atoms with Crippen molar-refractivity contribution < 1.29 is 14.7 Å². The topological polar surface area (TPSA) is 136 Å². The van der Waals surface area contributed by atoms with Gasteiger partial charge in [0, 0.05) is 44.0 Å². The molecule has 1 saturated carbocycles. The molecule has 1 aliphatic heterocycles. The standard InChI is InChI=1S/C18H26N6O3/c19-16(20)13-3-6-15(21-11-13)23-7-9-24(10-8-23)18(27)22-14-4-1-12(2-5-14)17(25)26/h3,6,11-12,14H,1-2,4-5,7-10H2,(H3,19,20)(H,22,27)(H,25,26)/t12-,14-. The molecule has 1 aromatic rings. The Balaban J connectivity index is 1.45. The first kappa shape index (κ1) is 18.9. The number of nitrogen functional groups attached to an aromatic ring is 1. The summed E-state index contributed by atoms with van der Waals surface area (Å²) in [6.07, 6.45) is 4.26. The third kappa shape index (κ3) is 4.66. The minimum absolute atomic E-state index is 0.00655. The number of pyridine rings is 1. The quantitative estimate of drug-likeness (QED) is 0.455. The van der Waals surface area contributed by atoms with E-state index < -0.39 is 5.97 Å². The van der Waals surface area contributed by atoms with Crippen LogP contribution in [-0.2, 0) is 4.79 Å². The molecule has 1 aliphatic carbocycles. The molecule has 146 valence electrons. The molecule has 2 heterocycles. The maximum atomic E-state index is 12.5. The average molecular weight is 374 g/mol. The zero-order valence-electron chi connectivity index (χ0n) is 15.2. The number of nitrogens with zero attached hydrogens (tertiary/aromatic N) is 3. The van der Waals surface area contributed by atoms with E-state index in [0.717, 1.165) is 18.7 Å². The summed E-state index contributed by atoms with van der Waals surface area (Å²) < 4.78 is 0. The van der Waals surface area contributed by atoms with Crippen molar-refractivity contribution in [2.75, 3.05) is 31.1 Å². The zero-order chi connectivity index (χ0) is 19.4. The van der Waals surface area contributed by atoms with E-state index in [1.807, 2.05) is 6.07 Å². The number of piperazine rings is 1. The van der Waals surface area contributed by atoms with E-state index in [-0.39, 0.29) is 23.8 Å². The SMILES string of the molecule is N=C(N)c1ccc(N2CCN(C(=O)N[C@H]3CC[C@H](C(=O)O)CC3)CC2)nc1. The minimum Gasteiger partial charge on any atom is -0.481 e. The summed E-state index contributed by atoms with van der Waals surface area (Å²) >= 11 is 0. The predicted molar refractivity (Wildman–Crippen MR) is 101 cm³/mol. The molecule has 1 saturated heterocycles. The highest BCUT2D eigenvalue weighted by Crippen LogP contribution is 2.24. The van der Waals surface area contributed by atoms with E-state index in [9.17, 15) is 9.59 Å². The summed E-state index contributed by atoms with van der Waals surface area (Å²) in [4.78, 5) is 31.7. The van der Waals surface area contributed by atoms with Crippen molar-refractivity contribution in [2.24, 2.45) is 11.7 Å². The van der Waals surface area contributed by atoms with Crippen molar-refractivity contribution in [1.82, 2.24) is 15.2 Å². The molecule has 0 atom stereocenters. The molecule has 0 radical (unpaired) electrons. The number of anilines is 1. The summed E-state index contributed by atoms with van der Waals surface area (Å²) in [5.41, 5.74) is 6.03. The van der Waals surface area contributed by atoms with Gasteiger partial charge in [-0.25, -0.2) is 9.78 Å². The highest BCUT2D eigenvalue weighted by atomic mass is 16.4. The maximum Gasteiger partial charge on any atom is 0.317 e. The Morgan fingerprint density at radius 3 is 2.33 bits per heavy atom. The Kier molecular flexibility index (Phi) is 5.78. The Morgan fingerprint density at radius 1 is 1.15 bits per heavy atom. The number of nitrogens with one attached hydrogen (secondary N) is 2. The van der Waals surface area contributed by atoms with Gasteiger partial charge in [-0.15, -0.1) is 0 Å². The number of hydrogen-bond donors (Lipinski definition) is 4. The minimum atomic E-state index is -0.735. The van der Waals surface area contributed by atoms with Crippen molar-refractivity contribution >= 4 is 23.7 Å². The molecule has 27 heavy (non-hydrogen) atoms. The third-order valence-electron chi connectivity index (χ3n) is 5.35. The number of carbonyl (C=O) groups is 2. The molecule has 2 amide bonds. The van der Waals surface area contributed by atoms with Gasteiger partial charge in [-0.05, 0) is 37.8 Å². The van der Waals surface area contributed by atoms with E-state index in [0.29, 0.717) is 44.6 Å². The Hall–Kier alpha value is -2.84. The molecule has 0 aromatic carbocycles. The lowest BCUT2D eigenvalue weighted by Gasteiger charge is -2.36. The van der Waals surface area contributed by atoms with Crippen LogP contribution in [0.3, 0.4) is 0 Å². The summed E-state index contributed by atoms with van der Waals surface area (Å²) in [6.45, 7) is 2.58. The normalized spacial score (nSPS) is 23.0. The van der Waals surface area contributed by atoms with Gasteiger partial charge in [-0.3, -0.25) is 10.2 Å². The lowest BCUT2D eigenvalue weighted by atomic mass is 9.86. The summed E-state index contributed by atoms with van der Waals surface area (Å²) in [5, 5.41) is 19.5. The van der Waals surface area contributed by atoms with Crippen molar-refractivity contribution in [1.29, 1.82) is 5.41 Å². The molecule has 0 bridgehead atoms. The van der Waals surface area contributed by atoms with Gasteiger partial charge in [0.05, 0.1) is 5.92 Å². The van der Waals surface area contributed by atoms with Crippen LogP contribution >= 0.6 is 0 Å². The van der Waals surface area contributed by atoms with Crippen LogP contribution in [0.25, 0.3) is 0 Å². The fraction of sp³-hybridized carbons (Fsp3) is 0.556. The number of hydrogen-bond acceptors (Lipinski definition) is 5. The molecule has 2 aliphatic rings. The smallest absolute Gasteiger partial charge is 0.317 e. The number of carbonyl (C=O) groups excluding carboxylic acids is 1. The van der Waals surface area contributed by atoms with Gasteiger partial charge in [0.25, 0.3) is 0 Å². The van der Waals surface area contributed by atoms with Crippen molar-refractivity contribution in [3.63, 3.8) is 0 Å². The van der Waals surface area contributed by atoms with Crippen LogP contribution in [-0.4, -0.2) is 65.0 Å².